The monoisotopic (exact) mass is 454 g/mol. The maximum Gasteiger partial charge on any atom is 0.309 e. The lowest BCUT2D eigenvalue weighted by Gasteiger charge is -2.18. The van der Waals surface area contributed by atoms with Gasteiger partial charge in [0.25, 0.3) is 0 Å². The Balaban J connectivity index is 1.66. The Morgan fingerprint density at radius 2 is 1.09 bits per heavy atom. The summed E-state index contributed by atoms with van der Waals surface area (Å²) in [7, 11) is 1.44. The molecule has 2 heteroatoms. The third-order valence-electron chi connectivity index (χ3n) is 7.22. The van der Waals surface area contributed by atoms with Crippen molar-refractivity contribution in [1.29, 1.82) is 0 Å². The van der Waals surface area contributed by atoms with Crippen LogP contribution in [0.2, 0.25) is 0 Å². The van der Waals surface area contributed by atoms with E-state index in [-0.39, 0.29) is 12.4 Å². The third kappa shape index (κ3) is 3.45. The summed E-state index contributed by atoms with van der Waals surface area (Å²) in [6.07, 6.45) is 1.26. The molecule has 0 N–H and O–H groups in total. The van der Waals surface area contributed by atoms with E-state index in [1.54, 1.807) is 0 Å². The van der Waals surface area contributed by atoms with Gasteiger partial charge >= 0.3 is 5.97 Å². The van der Waals surface area contributed by atoms with Gasteiger partial charge in [0.15, 0.2) is 0 Å². The van der Waals surface area contributed by atoms with Gasteiger partial charge in [-0.25, -0.2) is 0 Å². The molecule has 0 radical (unpaired) electrons. The van der Waals surface area contributed by atoms with Crippen molar-refractivity contribution >= 4 is 38.3 Å². The molecule has 0 amide bonds. The second-order valence-corrected chi connectivity index (χ2v) is 9.07. The van der Waals surface area contributed by atoms with E-state index >= 15 is 0 Å². The number of rotatable bonds is 5. The van der Waals surface area contributed by atoms with E-state index in [2.05, 4.69) is 85.8 Å². The lowest BCUT2D eigenvalue weighted by atomic mass is 9.85. The fourth-order valence-corrected chi connectivity index (χ4v) is 5.53. The fourth-order valence-electron chi connectivity index (χ4n) is 5.53. The molecule has 0 fully saturated rings. The number of benzene rings is 6. The first-order chi connectivity index (χ1) is 17.2. The van der Waals surface area contributed by atoms with Crippen LogP contribution in [0.5, 0.6) is 0 Å². The van der Waals surface area contributed by atoms with Crippen molar-refractivity contribution in [3.63, 3.8) is 0 Å². The van der Waals surface area contributed by atoms with E-state index in [1.807, 2.05) is 18.2 Å². The summed E-state index contributed by atoms with van der Waals surface area (Å²) in [6.45, 7) is 2.22. The normalized spacial score (nSPS) is 11.5. The predicted molar refractivity (Wildman–Crippen MR) is 146 cm³/mol. The molecule has 0 aliphatic rings. The lowest BCUT2D eigenvalue weighted by Crippen LogP contribution is -2.05. The summed E-state index contributed by atoms with van der Waals surface area (Å²) in [4.78, 5) is 12.1. The maximum atomic E-state index is 12.1. The standard InChI is InChI=1S/C33H26O2/c1-3-21-8-4-6-10-25(21)27-16-12-22-15-19-30-28(17-13-23-14-18-29(27)32(22)33(23)30)26-11-7-5-9-24(26)20-31(34)35-2/h4-19H,3,20H2,1-2H3. The molecule has 0 aromatic heterocycles. The van der Waals surface area contributed by atoms with Gasteiger partial charge in [0, 0.05) is 0 Å². The number of carbonyl (C=O) groups is 1. The van der Waals surface area contributed by atoms with Crippen LogP contribution < -0.4 is 0 Å². The molecule has 6 aromatic rings. The predicted octanol–water partition coefficient (Wildman–Crippen LogP) is 8.20. The Morgan fingerprint density at radius 1 is 0.600 bits per heavy atom. The molecule has 0 atom stereocenters. The number of hydrogen-bond donors (Lipinski definition) is 0. The molecular formula is C33H26O2. The number of esters is 1. The quantitative estimate of drug-likeness (QED) is 0.194. The van der Waals surface area contributed by atoms with Crippen LogP contribution in [0.4, 0.5) is 0 Å². The van der Waals surface area contributed by atoms with Crippen LogP contribution in [-0.4, -0.2) is 13.1 Å². The molecule has 35 heavy (non-hydrogen) atoms. The molecule has 0 unspecified atom stereocenters. The van der Waals surface area contributed by atoms with Crippen LogP contribution in [0.3, 0.4) is 0 Å². The average molecular weight is 455 g/mol. The summed E-state index contributed by atoms with van der Waals surface area (Å²) in [6, 6.07) is 34.7. The van der Waals surface area contributed by atoms with Crippen molar-refractivity contribution in [3.05, 3.63) is 108 Å². The van der Waals surface area contributed by atoms with Crippen LogP contribution in [0.15, 0.2) is 97.1 Å². The fraction of sp³-hybridized carbons (Fsp3) is 0.121. The van der Waals surface area contributed by atoms with Gasteiger partial charge < -0.3 is 4.74 Å². The van der Waals surface area contributed by atoms with Gasteiger partial charge in [-0.3, -0.25) is 4.79 Å². The Morgan fingerprint density at radius 3 is 1.63 bits per heavy atom. The van der Waals surface area contributed by atoms with Crippen LogP contribution >= 0.6 is 0 Å². The van der Waals surface area contributed by atoms with Gasteiger partial charge in [0.1, 0.15) is 0 Å². The highest BCUT2D eigenvalue weighted by Gasteiger charge is 2.17. The van der Waals surface area contributed by atoms with Crippen LogP contribution in [-0.2, 0) is 22.4 Å². The van der Waals surface area contributed by atoms with Gasteiger partial charge in [-0.15, -0.1) is 0 Å². The molecule has 0 aliphatic heterocycles. The zero-order valence-corrected chi connectivity index (χ0v) is 20.0. The van der Waals surface area contributed by atoms with Crippen molar-refractivity contribution in [2.45, 2.75) is 19.8 Å². The number of methoxy groups -OCH3 is 1. The van der Waals surface area contributed by atoms with Crippen molar-refractivity contribution in [2.75, 3.05) is 7.11 Å². The van der Waals surface area contributed by atoms with E-state index in [0.717, 1.165) is 23.1 Å². The molecule has 0 spiro atoms. The first-order valence-electron chi connectivity index (χ1n) is 12.1. The van der Waals surface area contributed by atoms with Crippen molar-refractivity contribution < 1.29 is 9.53 Å². The third-order valence-corrected chi connectivity index (χ3v) is 7.22. The first-order valence-corrected chi connectivity index (χ1v) is 12.1. The Bertz CT molecular complexity index is 1710. The lowest BCUT2D eigenvalue weighted by molar-refractivity contribution is -0.139. The molecule has 0 bridgehead atoms. The highest BCUT2D eigenvalue weighted by molar-refractivity contribution is 6.27. The minimum absolute atomic E-state index is 0.227. The van der Waals surface area contributed by atoms with Crippen molar-refractivity contribution in [2.24, 2.45) is 0 Å². The van der Waals surface area contributed by atoms with Gasteiger partial charge in [-0.1, -0.05) is 104 Å². The van der Waals surface area contributed by atoms with Crippen molar-refractivity contribution in [1.82, 2.24) is 0 Å². The minimum atomic E-state index is -0.227. The number of ether oxygens (including phenoxy) is 1. The van der Waals surface area contributed by atoms with Crippen LogP contribution in [0, 0.1) is 0 Å². The first kappa shape index (κ1) is 21.4. The average Bonchev–Trinajstić information content (AvgIpc) is 2.91. The summed E-state index contributed by atoms with van der Waals surface area (Å²) < 4.78 is 4.96. The van der Waals surface area contributed by atoms with Gasteiger partial charge in [0.2, 0.25) is 0 Å². The SMILES string of the molecule is CCc1ccccc1-c1ccc2ccc3c(-c4ccccc4CC(=O)OC)ccc4ccc1c2c43. The molecule has 0 saturated heterocycles. The summed E-state index contributed by atoms with van der Waals surface area (Å²) >= 11 is 0. The van der Waals surface area contributed by atoms with Crippen LogP contribution in [0.25, 0.3) is 54.6 Å². The molecule has 6 rings (SSSR count). The zero-order chi connectivity index (χ0) is 23.9. The van der Waals surface area contributed by atoms with Gasteiger partial charge in [0.05, 0.1) is 13.5 Å². The Kier molecular flexibility index (Phi) is 5.22. The Hall–Kier alpha value is -4.17. The van der Waals surface area contributed by atoms with E-state index < -0.39 is 0 Å². The number of hydrogen-bond acceptors (Lipinski definition) is 2. The molecule has 170 valence electrons. The molecule has 0 heterocycles. The van der Waals surface area contributed by atoms with E-state index in [0.29, 0.717) is 0 Å². The highest BCUT2D eigenvalue weighted by Crippen LogP contribution is 2.43. The Labute approximate surface area is 205 Å². The topological polar surface area (TPSA) is 26.3 Å². The summed E-state index contributed by atoms with van der Waals surface area (Å²) in [5.74, 6) is -0.227. The molecule has 0 aliphatic carbocycles. The largest absolute Gasteiger partial charge is 0.469 e. The highest BCUT2D eigenvalue weighted by atomic mass is 16.5. The van der Waals surface area contributed by atoms with Crippen LogP contribution in [0.1, 0.15) is 18.1 Å². The summed E-state index contributed by atoms with van der Waals surface area (Å²) in [5, 5.41) is 7.54. The van der Waals surface area contributed by atoms with E-state index in [9.17, 15) is 4.79 Å². The molecule has 0 saturated carbocycles. The zero-order valence-electron chi connectivity index (χ0n) is 20.0. The van der Waals surface area contributed by atoms with Crippen molar-refractivity contribution in [3.8, 4) is 22.3 Å². The maximum absolute atomic E-state index is 12.1. The number of aryl methyl sites for hydroxylation is 1. The molecular weight excluding hydrogens is 428 g/mol. The molecule has 2 nitrogen and oxygen atoms in total. The van der Waals surface area contributed by atoms with Gasteiger partial charge in [-0.05, 0) is 72.1 Å². The second-order valence-electron chi connectivity index (χ2n) is 9.07. The molecule has 6 aromatic carbocycles. The van der Waals surface area contributed by atoms with E-state index in [4.69, 9.17) is 4.74 Å². The minimum Gasteiger partial charge on any atom is -0.469 e. The van der Waals surface area contributed by atoms with E-state index in [1.165, 1.54) is 56.1 Å². The smallest absolute Gasteiger partial charge is 0.309 e. The number of carbonyl (C=O) groups excluding carboxylic acids is 1. The van der Waals surface area contributed by atoms with Gasteiger partial charge in [-0.2, -0.15) is 0 Å². The summed E-state index contributed by atoms with van der Waals surface area (Å²) in [5.41, 5.74) is 7.14. The second kappa shape index (κ2) is 8.56.